The molecular formula is C2H5O4PS. The Morgan fingerprint density at radius 2 is 2.12 bits per heavy atom. The molecule has 0 unspecified atom stereocenters. The topological polar surface area (TPSA) is 77.8 Å². The van der Waals surface area contributed by atoms with Crippen molar-refractivity contribution in [2.75, 3.05) is 5.75 Å². The molecule has 0 amide bonds. The first kappa shape index (κ1) is 8.17. The SMILES string of the molecule is O=C(O)CSP(O)O. The van der Waals surface area contributed by atoms with Crippen LogP contribution < -0.4 is 0 Å². The molecule has 48 valence electrons. The summed E-state index contributed by atoms with van der Waals surface area (Å²) in [6.45, 7) is 0. The van der Waals surface area contributed by atoms with Crippen molar-refractivity contribution in [3.8, 4) is 0 Å². The van der Waals surface area contributed by atoms with E-state index >= 15 is 0 Å². The van der Waals surface area contributed by atoms with Crippen LogP contribution in [0.1, 0.15) is 0 Å². The summed E-state index contributed by atoms with van der Waals surface area (Å²) in [6, 6.07) is 0. The number of rotatable bonds is 3. The molecule has 0 aromatic carbocycles. The maximum atomic E-state index is 9.67. The van der Waals surface area contributed by atoms with E-state index in [1.807, 2.05) is 0 Å². The van der Waals surface area contributed by atoms with Crippen LogP contribution in [-0.4, -0.2) is 26.6 Å². The first-order valence-corrected chi connectivity index (χ1v) is 4.49. The minimum absolute atomic E-state index is 0.251. The zero-order chi connectivity index (χ0) is 6.57. The average Bonchev–Trinajstić information content (AvgIpc) is 1.61. The van der Waals surface area contributed by atoms with Gasteiger partial charge in [0.05, 0.1) is 5.75 Å². The summed E-state index contributed by atoms with van der Waals surface area (Å²) in [4.78, 5) is 25.9. The molecular weight excluding hydrogens is 151 g/mol. The van der Waals surface area contributed by atoms with Crippen molar-refractivity contribution in [3.05, 3.63) is 0 Å². The van der Waals surface area contributed by atoms with Crippen LogP contribution in [0.2, 0.25) is 0 Å². The molecule has 0 saturated carbocycles. The molecule has 0 aliphatic heterocycles. The number of hydrogen-bond donors (Lipinski definition) is 3. The van der Waals surface area contributed by atoms with Gasteiger partial charge >= 0.3 is 5.97 Å². The molecule has 0 radical (unpaired) electrons. The summed E-state index contributed by atoms with van der Waals surface area (Å²) in [5.41, 5.74) is 0. The fourth-order valence-electron chi connectivity index (χ4n) is 0.113. The van der Waals surface area contributed by atoms with Crippen molar-refractivity contribution >= 4 is 24.9 Å². The minimum Gasteiger partial charge on any atom is -0.481 e. The monoisotopic (exact) mass is 156 g/mol. The average molecular weight is 156 g/mol. The molecule has 0 fully saturated rings. The second-order valence-electron chi connectivity index (χ2n) is 0.920. The van der Waals surface area contributed by atoms with Crippen molar-refractivity contribution in [1.29, 1.82) is 0 Å². The highest BCUT2D eigenvalue weighted by Gasteiger charge is 2.02. The van der Waals surface area contributed by atoms with Crippen LogP contribution in [0.15, 0.2) is 0 Å². The summed E-state index contributed by atoms with van der Waals surface area (Å²) < 4.78 is 0. The van der Waals surface area contributed by atoms with E-state index in [4.69, 9.17) is 14.9 Å². The maximum Gasteiger partial charge on any atom is 0.313 e. The third kappa shape index (κ3) is 6.17. The third-order valence-corrected chi connectivity index (χ3v) is 1.99. The fourth-order valence-corrected chi connectivity index (χ4v) is 1.02. The highest BCUT2D eigenvalue weighted by Crippen LogP contribution is 2.39. The van der Waals surface area contributed by atoms with E-state index in [9.17, 15) is 4.79 Å². The standard InChI is InChI=1S/C2H5O4PS/c3-2(4)1-8-7(5)6/h5-6H,1H2,(H,3,4). The van der Waals surface area contributed by atoms with Gasteiger partial charge in [0.25, 0.3) is 0 Å². The van der Waals surface area contributed by atoms with Gasteiger partial charge in [-0.15, -0.1) is 0 Å². The van der Waals surface area contributed by atoms with Gasteiger partial charge in [-0.1, -0.05) is 11.4 Å². The molecule has 0 spiro atoms. The predicted molar refractivity (Wildman–Crippen MR) is 31.5 cm³/mol. The number of carboxylic acids is 1. The Bertz CT molecular complexity index is 84.1. The van der Waals surface area contributed by atoms with Gasteiger partial charge < -0.3 is 14.9 Å². The lowest BCUT2D eigenvalue weighted by molar-refractivity contribution is -0.133. The maximum absolute atomic E-state index is 9.67. The van der Waals surface area contributed by atoms with Crippen molar-refractivity contribution < 1.29 is 19.7 Å². The first-order chi connectivity index (χ1) is 3.63. The molecule has 0 rings (SSSR count). The quantitative estimate of drug-likeness (QED) is 0.502. The molecule has 0 aromatic rings. The van der Waals surface area contributed by atoms with Crippen LogP contribution in [0, 0.1) is 0 Å². The van der Waals surface area contributed by atoms with Crippen LogP contribution in [0.3, 0.4) is 0 Å². The third-order valence-electron chi connectivity index (χ3n) is 0.303. The van der Waals surface area contributed by atoms with Gasteiger partial charge in [-0.05, 0) is 0 Å². The van der Waals surface area contributed by atoms with Gasteiger partial charge in [-0.2, -0.15) is 0 Å². The lowest BCUT2D eigenvalue weighted by Crippen LogP contribution is -1.96. The number of aliphatic carboxylic acids is 1. The van der Waals surface area contributed by atoms with Gasteiger partial charge in [0, 0.05) is 0 Å². The highest BCUT2D eigenvalue weighted by molar-refractivity contribution is 8.52. The first-order valence-electron chi connectivity index (χ1n) is 1.65. The summed E-state index contributed by atoms with van der Waals surface area (Å²) in [6.07, 6.45) is 0. The van der Waals surface area contributed by atoms with Crippen molar-refractivity contribution in [3.63, 3.8) is 0 Å². The highest BCUT2D eigenvalue weighted by atomic mass is 32.7. The molecule has 4 nitrogen and oxygen atoms in total. The van der Waals surface area contributed by atoms with Gasteiger partial charge in [0.2, 0.25) is 7.58 Å². The summed E-state index contributed by atoms with van der Waals surface area (Å²) in [5, 5.41) is 7.93. The molecule has 8 heavy (non-hydrogen) atoms. The molecule has 0 aliphatic carbocycles. The smallest absolute Gasteiger partial charge is 0.313 e. The van der Waals surface area contributed by atoms with E-state index < -0.39 is 13.5 Å². The van der Waals surface area contributed by atoms with Crippen molar-refractivity contribution in [2.45, 2.75) is 0 Å². The van der Waals surface area contributed by atoms with Crippen LogP contribution in [0.25, 0.3) is 0 Å². The largest absolute Gasteiger partial charge is 0.481 e. The van der Waals surface area contributed by atoms with Crippen LogP contribution in [0.4, 0.5) is 0 Å². The predicted octanol–water partition coefficient (Wildman–Crippen LogP) is 0.0157. The Hall–Kier alpha value is 0.170. The van der Waals surface area contributed by atoms with E-state index in [1.165, 1.54) is 0 Å². The normalized spacial score (nSPS) is 9.88. The van der Waals surface area contributed by atoms with Gasteiger partial charge in [-0.25, -0.2) is 0 Å². The van der Waals surface area contributed by atoms with E-state index in [1.54, 1.807) is 0 Å². The Morgan fingerprint density at radius 1 is 1.62 bits per heavy atom. The lowest BCUT2D eigenvalue weighted by atomic mass is 10.8. The Labute approximate surface area is 51.2 Å². The lowest BCUT2D eigenvalue weighted by Gasteiger charge is -1.94. The number of carbonyl (C=O) groups is 1. The van der Waals surface area contributed by atoms with Crippen LogP contribution >= 0.6 is 19.0 Å². The Morgan fingerprint density at radius 3 is 2.25 bits per heavy atom. The zero-order valence-corrected chi connectivity index (χ0v) is 5.52. The minimum atomic E-state index is -2.10. The fraction of sp³-hybridized carbons (Fsp3) is 0.500. The van der Waals surface area contributed by atoms with E-state index in [0.717, 1.165) is 0 Å². The molecule has 0 bridgehead atoms. The summed E-state index contributed by atoms with van der Waals surface area (Å²) in [7, 11) is -2.10. The number of hydrogen-bond acceptors (Lipinski definition) is 4. The molecule has 6 heteroatoms. The van der Waals surface area contributed by atoms with Crippen LogP contribution in [-0.2, 0) is 4.79 Å². The Kier molecular flexibility index (Phi) is 4.18. The van der Waals surface area contributed by atoms with Gasteiger partial charge in [-0.3, -0.25) is 4.79 Å². The van der Waals surface area contributed by atoms with E-state index in [0.29, 0.717) is 11.4 Å². The molecule has 0 aliphatic rings. The second kappa shape index (κ2) is 4.09. The second-order valence-corrected chi connectivity index (χ2v) is 3.73. The van der Waals surface area contributed by atoms with Gasteiger partial charge in [0.15, 0.2) is 0 Å². The van der Waals surface area contributed by atoms with Crippen molar-refractivity contribution in [2.24, 2.45) is 0 Å². The zero-order valence-electron chi connectivity index (χ0n) is 3.81. The van der Waals surface area contributed by atoms with Crippen LogP contribution in [0.5, 0.6) is 0 Å². The molecule has 0 atom stereocenters. The number of carboxylic acid groups (broad SMARTS) is 1. The molecule has 0 saturated heterocycles. The molecule has 0 heterocycles. The van der Waals surface area contributed by atoms with Crippen molar-refractivity contribution in [1.82, 2.24) is 0 Å². The van der Waals surface area contributed by atoms with E-state index in [2.05, 4.69) is 0 Å². The summed E-state index contributed by atoms with van der Waals surface area (Å²) >= 11 is 0.616. The Balaban J connectivity index is 3.05. The van der Waals surface area contributed by atoms with E-state index in [-0.39, 0.29) is 5.75 Å². The molecule has 0 aromatic heterocycles. The summed E-state index contributed by atoms with van der Waals surface area (Å²) in [5.74, 6) is -1.29. The molecule has 3 N–H and O–H groups in total. The van der Waals surface area contributed by atoms with Gasteiger partial charge in [0.1, 0.15) is 0 Å².